The first-order valence-electron chi connectivity index (χ1n) is 5.34. The van der Waals surface area contributed by atoms with Crippen molar-refractivity contribution in [2.24, 2.45) is 4.36 Å². The maximum atomic E-state index is 12.8. The first kappa shape index (κ1) is 13.0. The maximum Gasteiger partial charge on any atom is 0.139 e. The zero-order valence-corrected chi connectivity index (χ0v) is 10.8. The third kappa shape index (κ3) is 2.54. The molecule has 1 unspecified atom stereocenters. The largest absolute Gasteiger partial charge is 0.399 e. The van der Waals surface area contributed by atoms with Crippen molar-refractivity contribution in [3.63, 3.8) is 0 Å². The van der Waals surface area contributed by atoms with Crippen LogP contribution in [0.5, 0.6) is 0 Å². The van der Waals surface area contributed by atoms with Gasteiger partial charge in [-0.2, -0.15) is 0 Å². The predicted octanol–water partition coefficient (Wildman–Crippen LogP) is 1.98. The van der Waals surface area contributed by atoms with E-state index in [1.165, 1.54) is 0 Å². The van der Waals surface area contributed by atoms with E-state index >= 15 is 0 Å². The highest BCUT2D eigenvalue weighted by Gasteiger charge is 2.16. The van der Waals surface area contributed by atoms with Crippen LogP contribution < -0.4 is 5.73 Å². The molecule has 0 aliphatic heterocycles. The number of rotatable bonds is 4. The molecule has 0 bridgehead atoms. The van der Waals surface area contributed by atoms with Crippen LogP contribution in [0.2, 0.25) is 0 Å². The van der Waals surface area contributed by atoms with Crippen LogP contribution in [0.4, 0.5) is 5.69 Å². The van der Waals surface area contributed by atoms with Crippen molar-refractivity contribution in [2.45, 2.75) is 18.7 Å². The highest BCUT2D eigenvalue weighted by atomic mass is 32.2. The molecule has 0 aliphatic carbocycles. The van der Waals surface area contributed by atoms with Crippen LogP contribution in [-0.4, -0.2) is 28.7 Å². The molecule has 0 aromatic heterocycles. The van der Waals surface area contributed by atoms with E-state index in [4.69, 9.17) is 5.73 Å². The van der Waals surface area contributed by atoms with Crippen molar-refractivity contribution in [3.8, 4) is 0 Å². The van der Waals surface area contributed by atoms with E-state index in [2.05, 4.69) is 4.36 Å². The van der Waals surface area contributed by atoms with Crippen LogP contribution in [0.3, 0.4) is 0 Å². The minimum absolute atomic E-state index is 0.526. The first-order chi connectivity index (χ1) is 7.54. The summed E-state index contributed by atoms with van der Waals surface area (Å²) in [5.74, 6) is 0. The average molecular weight is 241 g/mol. The summed E-state index contributed by atoms with van der Waals surface area (Å²) in [6, 6.07) is 7.12. The van der Waals surface area contributed by atoms with Gasteiger partial charge in [0.15, 0.2) is 0 Å². The van der Waals surface area contributed by atoms with Crippen LogP contribution in [0.25, 0.3) is 0 Å². The molecular weight excluding hydrogens is 222 g/mol. The van der Waals surface area contributed by atoms with Gasteiger partial charge in [0, 0.05) is 25.8 Å². The molecule has 0 radical (unpaired) electrons. The van der Waals surface area contributed by atoms with Gasteiger partial charge in [-0.15, -0.1) is 0 Å². The summed E-state index contributed by atoms with van der Waals surface area (Å²) in [5, 5.41) is 0. The molecule has 5 heteroatoms. The van der Waals surface area contributed by atoms with Crippen LogP contribution in [-0.2, 0) is 9.92 Å². The zero-order valence-electron chi connectivity index (χ0n) is 10.0. The molecular formula is C11H19N3OS. The van der Waals surface area contributed by atoms with Gasteiger partial charge >= 0.3 is 0 Å². The molecule has 0 saturated heterocycles. The Hall–Kier alpha value is -1.07. The second-order valence-electron chi connectivity index (χ2n) is 3.46. The van der Waals surface area contributed by atoms with Crippen molar-refractivity contribution >= 4 is 15.6 Å². The molecule has 16 heavy (non-hydrogen) atoms. The van der Waals surface area contributed by atoms with Gasteiger partial charge in [0.1, 0.15) is 9.92 Å². The lowest BCUT2D eigenvalue weighted by molar-refractivity contribution is 0.537. The molecule has 1 rings (SSSR count). The Kier molecular flexibility index (Phi) is 4.32. The second kappa shape index (κ2) is 5.32. The monoisotopic (exact) mass is 241 g/mol. The minimum Gasteiger partial charge on any atom is -0.399 e. The fourth-order valence-corrected chi connectivity index (χ4v) is 3.33. The Balaban J connectivity index is 3.34. The fourth-order valence-electron chi connectivity index (χ4n) is 1.38. The fraction of sp³-hybridized carbons (Fsp3) is 0.455. The SMILES string of the molecule is CCN=S(=O)(c1cccc(N)c1)N(C)CC. The molecule has 0 heterocycles. The van der Waals surface area contributed by atoms with E-state index in [-0.39, 0.29) is 0 Å². The first-order valence-corrected chi connectivity index (χ1v) is 6.81. The van der Waals surface area contributed by atoms with Gasteiger partial charge in [-0.25, -0.2) is 12.9 Å². The summed E-state index contributed by atoms with van der Waals surface area (Å²) < 4.78 is 18.8. The quantitative estimate of drug-likeness (QED) is 0.819. The highest BCUT2D eigenvalue weighted by molar-refractivity contribution is 7.91. The lowest BCUT2D eigenvalue weighted by Gasteiger charge is -2.20. The Morgan fingerprint density at radius 3 is 2.62 bits per heavy atom. The number of anilines is 1. The molecule has 1 aromatic rings. The molecule has 1 aromatic carbocycles. The van der Waals surface area contributed by atoms with Crippen molar-refractivity contribution < 1.29 is 4.21 Å². The number of hydrogen-bond donors (Lipinski definition) is 1. The normalized spacial score (nSPS) is 14.8. The third-order valence-electron chi connectivity index (χ3n) is 2.34. The Morgan fingerprint density at radius 1 is 1.44 bits per heavy atom. The van der Waals surface area contributed by atoms with Crippen molar-refractivity contribution in [1.29, 1.82) is 0 Å². The van der Waals surface area contributed by atoms with Gasteiger partial charge in [0.25, 0.3) is 0 Å². The molecule has 0 amide bonds. The third-order valence-corrected chi connectivity index (χ3v) is 4.92. The number of nitrogen functional groups attached to an aromatic ring is 1. The molecule has 4 nitrogen and oxygen atoms in total. The maximum absolute atomic E-state index is 12.8. The van der Waals surface area contributed by atoms with E-state index in [9.17, 15) is 4.21 Å². The summed E-state index contributed by atoms with van der Waals surface area (Å²) in [6.45, 7) is 5.04. The molecule has 90 valence electrons. The number of nitrogens with two attached hydrogens (primary N) is 1. The lowest BCUT2D eigenvalue weighted by atomic mass is 10.3. The van der Waals surface area contributed by atoms with Gasteiger partial charge in [-0.1, -0.05) is 13.0 Å². The number of nitrogens with zero attached hydrogens (tertiary/aromatic N) is 2. The standard InChI is InChI=1S/C11H19N3OS/c1-4-13-16(15,14(3)5-2)11-8-6-7-10(12)9-11/h6-9H,4-5,12H2,1-3H3. The van der Waals surface area contributed by atoms with Gasteiger partial charge in [-0.3, -0.25) is 0 Å². The minimum atomic E-state index is -2.49. The van der Waals surface area contributed by atoms with E-state index in [1.54, 1.807) is 22.5 Å². The van der Waals surface area contributed by atoms with Crippen LogP contribution in [0, 0.1) is 0 Å². The molecule has 1 atom stereocenters. The van der Waals surface area contributed by atoms with E-state index in [0.717, 1.165) is 0 Å². The second-order valence-corrected chi connectivity index (χ2v) is 5.80. The Labute approximate surface area is 97.8 Å². The summed E-state index contributed by atoms with van der Waals surface area (Å²) in [7, 11) is -0.681. The zero-order chi connectivity index (χ0) is 12.2. The summed E-state index contributed by atoms with van der Waals surface area (Å²) >= 11 is 0. The van der Waals surface area contributed by atoms with Gasteiger partial charge in [-0.05, 0) is 25.1 Å². The Bertz CT molecular complexity index is 464. The van der Waals surface area contributed by atoms with Crippen LogP contribution in [0.1, 0.15) is 13.8 Å². The lowest BCUT2D eigenvalue weighted by Crippen LogP contribution is -2.26. The van der Waals surface area contributed by atoms with E-state index in [1.807, 2.05) is 27.0 Å². The van der Waals surface area contributed by atoms with Gasteiger partial charge in [0.2, 0.25) is 0 Å². The van der Waals surface area contributed by atoms with E-state index < -0.39 is 9.92 Å². The van der Waals surface area contributed by atoms with Crippen molar-refractivity contribution in [2.75, 3.05) is 25.9 Å². The summed E-state index contributed by atoms with van der Waals surface area (Å²) in [5.41, 5.74) is 6.32. The predicted molar refractivity (Wildman–Crippen MR) is 68.5 cm³/mol. The molecule has 0 saturated carbocycles. The molecule has 0 spiro atoms. The van der Waals surface area contributed by atoms with Crippen LogP contribution in [0.15, 0.2) is 33.5 Å². The van der Waals surface area contributed by atoms with Gasteiger partial charge < -0.3 is 5.73 Å². The molecule has 0 aliphatic rings. The summed E-state index contributed by atoms with van der Waals surface area (Å²) in [6.07, 6.45) is 0. The van der Waals surface area contributed by atoms with Crippen LogP contribution >= 0.6 is 0 Å². The highest BCUT2D eigenvalue weighted by Crippen LogP contribution is 2.19. The van der Waals surface area contributed by atoms with Crippen molar-refractivity contribution in [3.05, 3.63) is 24.3 Å². The number of hydrogen-bond acceptors (Lipinski definition) is 3. The smallest absolute Gasteiger partial charge is 0.139 e. The summed E-state index contributed by atoms with van der Waals surface area (Å²) in [4.78, 5) is 0.679. The molecule has 2 N–H and O–H groups in total. The van der Waals surface area contributed by atoms with Crippen molar-refractivity contribution in [1.82, 2.24) is 4.31 Å². The molecule has 0 fully saturated rings. The number of benzene rings is 1. The van der Waals surface area contributed by atoms with Gasteiger partial charge in [0.05, 0.1) is 4.90 Å². The Morgan fingerprint density at radius 2 is 2.12 bits per heavy atom. The average Bonchev–Trinajstić information content (AvgIpc) is 2.28. The topological polar surface area (TPSA) is 58.7 Å². The van der Waals surface area contributed by atoms with E-state index in [0.29, 0.717) is 23.7 Å².